The van der Waals surface area contributed by atoms with Crippen LogP contribution in [0.25, 0.3) is 0 Å². The molecule has 0 aromatic heterocycles. The average Bonchev–Trinajstić information content (AvgIpc) is 2.99. The molecule has 6 heteroatoms. The van der Waals surface area contributed by atoms with Gasteiger partial charge in [-0.05, 0) is 66.8 Å². The van der Waals surface area contributed by atoms with Gasteiger partial charge in [0.2, 0.25) is 0 Å². The Labute approximate surface area is 230 Å². The summed E-state index contributed by atoms with van der Waals surface area (Å²) in [5.41, 5.74) is 5.59. The van der Waals surface area contributed by atoms with Crippen molar-refractivity contribution in [1.29, 1.82) is 0 Å². The quantitative estimate of drug-likeness (QED) is 0.246. The Kier molecular flexibility index (Phi) is 8.13. The van der Waals surface area contributed by atoms with Gasteiger partial charge < -0.3 is 15.7 Å². The number of nitrogens with zero attached hydrogens (tertiary/aromatic N) is 2. The molecule has 4 aromatic carbocycles. The van der Waals surface area contributed by atoms with E-state index in [0.717, 1.165) is 34.7 Å². The minimum Gasteiger partial charge on any atom is -0.389 e. The van der Waals surface area contributed by atoms with Gasteiger partial charge in [-0.1, -0.05) is 72.8 Å². The van der Waals surface area contributed by atoms with E-state index in [9.17, 15) is 9.90 Å². The maximum Gasteiger partial charge on any atom is 0.329 e. The van der Waals surface area contributed by atoms with Gasteiger partial charge in [0.1, 0.15) is 0 Å². The highest BCUT2D eigenvalue weighted by Gasteiger charge is 2.47. The van der Waals surface area contributed by atoms with Gasteiger partial charge in [-0.15, -0.1) is 0 Å². The van der Waals surface area contributed by atoms with Crippen LogP contribution in [0.2, 0.25) is 0 Å². The molecule has 1 saturated heterocycles. The van der Waals surface area contributed by atoms with Crippen LogP contribution in [0.5, 0.6) is 0 Å². The zero-order valence-corrected chi connectivity index (χ0v) is 22.5. The molecule has 1 aliphatic heterocycles. The number of aliphatic hydroxyl groups excluding tert-OH is 1. The summed E-state index contributed by atoms with van der Waals surface area (Å²) in [6, 6.07) is 35.0. The maximum atomic E-state index is 14.6. The third kappa shape index (κ3) is 5.76. The van der Waals surface area contributed by atoms with Gasteiger partial charge in [0.15, 0.2) is 0 Å². The van der Waals surface area contributed by atoms with E-state index in [2.05, 4.69) is 34.9 Å². The highest BCUT2D eigenvalue weighted by molar-refractivity contribution is 6.06. The third-order valence-electron chi connectivity index (χ3n) is 7.55. The molecule has 0 bridgehead atoms. The van der Waals surface area contributed by atoms with Crippen molar-refractivity contribution in [2.45, 2.75) is 37.5 Å². The van der Waals surface area contributed by atoms with Crippen LogP contribution >= 0.6 is 0 Å². The summed E-state index contributed by atoms with van der Waals surface area (Å²) < 4.78 is 0. The van der Waals surface area contributed by atoms with Gasteiger partial charge in [0, 0.05) is 36.8 Å². The summed E-state index contributed by atoms with van der Waals surface area (Å²) in [5, 5.41) is 18.5. The van der Waals surface area contributed by atoms with E-state index in [0.29, 0.717) is 12.8 Å². The number of anilines is 4. The van der Waals surface area contributed by atoms with Crippen LogP contribution in [-0.4, -0.2) is 43.4 Å². The fraction of sp³-hybridized carbons (Fsp3) is 0.242. The largest absolute Gasteiger partial charge is 0.389 e. The molecule has 6 nitrogen and oxygen atoms in total. The zero-order valence-electron chi connectivity index (χ0n) is 22.5. The molecule has 0 radical (unpaired) electrons. The molecule has 2 amide bonds. The smallest absolute Gasteiger partial charge is 0.329 e. The van der Waals surface area contributed by atoms with Crippen molar-refractivity contribution in [2.24, 2.45) is 0 Å². The van der Waals surface area contributed by atoms with E-state index in [1.54, 1.807) is 9.80 Å². The van der Waals surface area contributed by atoms with E-state index in [1.165, 1.54) is 5.56 Å². The molecule has 4 aromatic rings. The molecular formula is C33H36N4O2. The van der Waals surface area contributed by atoms with E-state index < -0.39 is 18.2 Å². The van der Waals surface area contributed by atoms with Crippen molar-refractivity contribution in [3.05, 3.63) is 120 Å². The SMILES string of the molecule is CNc1cccc(N2C(=O)N(c3cccc(NC)c3)[C@@H](Cc3ccccc3)[C@@H](O)[C@@H]2CCc2ccccc2)c1. The maximum absolute atomic E-state index is 14.6. The molecule has 3 atom stereocenters. The fourth-order valence-corrected chi connectivity index (χ4v) is 5.51. The Morgan fingerprint density at radius 3 is 1.72 bits per heavy atom. The number of carbonyl (C=O) groups excluding carboxylic acids is 1. The van der Waals surface area contributed by atoms with E-state index in [4.69, 9.17) is 0 Å². The van der Waals surface area contributed by atoms with Gasteiger partial charge in [-0.25, -0.2) is 4.79 Å². The number of aryl methyl sites for hydroxylation is 1. The first-order valence-electron chi connectivity index (χ1n) is 13.5. The summed E-state index contributed by atoms with van der Waals surface area (Å²) >= 11 is 0. The summed E-state index contributed by atoms with van der Waals surface area (Å²) in [6.45, 7) is 0. The number of hydrogen-bond donors (Lipinski definition) is 3. The predicted molar refractivity (Wildman–Crippen MR) is 161 cm³/mol. The van der Waals surface area contributed by atoms with Crippen molar-refractivity contribution in [3.63, 3.8) is 0 Å². The van der Waals surface area contributed by atoms with Crippen LogP contribution in [0.1, 0.15) is 17.5 Å². The summed E-state index contributed by atoms with van der Waals surface area (Å²) in [4.78, 5) is 18.2. The number of rotatable bonds is 9. The Hall–Kier alpha value is -4.29. The molecule has 0 aliphatic carbocycles. The Morgan fingerprint density at radius 2 is 1.18 bits per heavy atom. The molecule has 0 saturated carbocycles. The molecule has 1 fully saturated rings. The number of benzene rings is 4. The number of urea groups is 1. The van der Waals surface area contributed by atoms with Gasteiger partial charge in [-0.2, -0.15) is 0 Å². The molecule has 1 aliphatic rings. The Bertz CT molecular complexity index is 1380. The molecule has 0 unspecified atom stereocenters. The van der Waals surface area contributed by atoms with Crippen LogP contribution < -0.4 is 20.4 Å². The van der Waals surface area contributed by atoms with Crippen molar-refractivity contribution in [2.75, 3.05) is 34.5 Å². The second kappa shape index (κ2) is 12.0. The van der Waals surface area contributed by atoms with Gasteiger partial charge >= 0.3 is 6.03 Å². The lowest BCUT2D eigenvalue weighted by molar-refractivity contribution is 0.0958. The minimum absolute atomic E-state index is 0.138. The van der Waals surface area contributed by atoms with Crippen LogP contribution in [0.4, 0.5) is 27.5 Å². The molecule has 200 valence electrons. The lowest BCUT2D eigenvalue weighted by atomic mass is 9.87. The van der Waals surface area contributed by atoms with Crippen molar-refractivity contribution >= 4 is 28.8 Å². The van der Waals surface area contributed by atoms with Gasteiger partial charge in [-0.3, -0.25) is 9.80 Å². The third-order valence-corrected chi connectivity index (χ3v) is 7.55. The minimum atomic E-state index is -0.789. The van der Waals surface area contributed by atoms with Crippen LogP contribution in [-0.2, 0) is 12.8 Å². The van der Waals surface area contributed by atoms with Crippen LogP contribution in [0.15, 0.2) is 109 Å². The van der Waals surface area contributed by atoms with E-state index in [-0.39, 0.29) is 6.03 Å². The summed E-state index contributed by atoms with van der Waals surface area (Å²) in [7, 11) is 3.73. The summed E-state index contributed by atoms with van der Waals surface area (Å²) in [6.07, 6.45) is 1.15. The molecule has 3 N–H and O–H groups in total. The normalized spacial score (nSPS) is 19.2. The van der Waals surface area contributed by atoms with Gasteiger partial charge in [0.25, 0.3) is 0 Å². The molecular weight excluding hydrogens is 484 g/mol. The average molecular weight is 521 g/mol. The fourth-order valence-electron chi connectivity index (χ4n) is 5.51. The second-order valence-corrected chi connectivity index (χ2v) is 9.96. The summed E-state index contributed by atoms with van der Waals surface area (Å²) in [5.74, 6) is 0. The van der Waals surface area contributed by atoms with Crippen LogP contribution in [0.3, 0.4) is 0 Å². The topological polar surface area (TPSA) is 67.8 Å². The second-order valence-electron chi connectivity index (χ2n) is 9.96. The Morgan fingerprint density at radius 1 is 0.667 bits per heavy atom. The monoisotopic (exact) mass is 520 g/mol. The van der Waals surface area contributed by atoms with Crippen LogP contribution in [0, 0.1) is 0 Å². The van der Waals surface area contributed by atoms with E-state index >= 15 is 0 Å². The number of carbonyl (C=O) groups is 1. The number of nitrogens with one attached hydrogen (secondary N) is 2. The molecule has 1 heterocycles. The molecule has 39 heavy (non-hydrogen) atoms. The van der Waals surface area contributed by atoms with Crippen molar-refractivity contribution < 1.29 is 9.90 Å². The Balaban J connectivity index is 1.60. The number of aliphatic hydroxyl groups is 1. The highest BCUT2D eigenvalue weighted by Crippen LogP contribution is 2.36. The first-order valence-corrected chi connectivity index (χ1v) is 13.5. The van der Waals surface area contributed by atoms with Gasteiger partial charge in [0.05, 0.1) is 18.2 Å². The van der Waals surface area contributed by atoms with Crippen molar-refractivity contribution in [1.82, 2.24) is 0 Å². The standard InChI is InChI=1S/C33H36N4O2/c1-34-26-15-9-17-28(22-26)36-30(20-19-24-11-5-3-6-12-24)32(38)31(21-25-13-7-4-8-14-25)37(33(36)39)29-18-10-16-27(23-29)35-2/h3-18,22-23,30-32,34-35,38H,19-21H2,1-2H3/t30-,31-,32-/m0/s1. The number of amides is 2. The van der Waals surface area contributed by atoms with Crippen molar-refractivity contribution in [3.8, 4) is 0 Å². The first-order chi connectivity index (χ1) is 19.1. The lowest BCUT2D eigenvalue weighted by Gasteiger charge is -2.49. The molecule has 5 rings (SSSR count). The first kappa shape index (κ1) is 26.3. The molecule has 0 spiro atoms. The lowest BCUT2D eigenvalue weighted by Crippen LogP contribution is -2.67. The highest BCUT2D eigenvalue weighted by atomic mass is 16.3. The zero-order chi connectivity index (χ0) is 27.2. The predicted octanol–water partition coefficient (Wildman–Crippen LogP) is 6.19. The number of hydrogen-bond acceptors (Lipinski definition) is 4. The van der Waals surface area contributed by atoms with E-state index in [1.807, 2.05) is 99.0 Å².